The maximum atomic E-state index is 12.1. The van der Waals surface area contributed by atoms with Crippen molar-refractivity contribution in [3.8, 4) is 5.75 Å². The molecule has 0 unspecified atom stereocenters. The highest BCUT2D eigenvalue weighted by molar-refractivity contribution is 7.92. The van der Waals surface area contributed by atoms with E-state index >= 15 is 0 Å². The van der Waals surface area contributed by atoms with E-state index in [0.717, 1.165) is 42.0 Å². The number of benzene rings is 1. The molecule has 1 amide bonds. The number of carbonyl (C=O) groups is 1. The maximum Gasteiger partial charge on any atom is 0.260 e. The van der Waals surface area contributed by atoms with Crippen molar-refractivity contribution in [1.29, 1.82) is 0 Å². The summed E-state index contributed by atoms with van der Waals surface area (Å²) in [6.45, 7) is -0.331. The van der Waals surface area contributed by atoms with Crippen molar-refractivity contribution < 1.29 is 17.9 Å². The van der Waals surface area contributed by atoms with Gasteiger partial charge in [-0.3, -0.25) is 9.10 Å². The number of hydrazone groups is 1. The first-order valence-electron chi connectivity index (χ1n) is 7.86. The van der Waals surface area contributed by atoms with Crippen LogP contribution in [-0.4, -0.2) is 39.9 Å². The quantitative estimate of drug-likeness (QED) is 0.791. The average Bonchev–Trinajstić information content (AvgIpc) is 2.58. The fourth-order valence-corrected chi connectivity index (χ4v) is 3.39. The smallest absolute Gasteiger partial charge is 0.260 e. The monoisotopic (exact) mass is 353 g/mol. The van der Waals surface area contributed by atoms with Gasteiger partial charge in [0.1, 0.15) is 12.3 Å². The molecule has 8 heteroatoms. The van der Waals surface area contributed by atoms with Crippen LogP contribution in [-0.2, 0) is 14.8 Å². The highest BCUT2D eigenvalue weighted by Gasteiger charge is 2.21. The van der Waals surface area contributed by atoms with E-state index in [1.165, 1.54) is 13.5 Å². The number of ether oxygens (including phenoxy) is 1. The molecule has 1 saturated carbocycles. The van der Waals surface area contributed by atoms with Crippen LogP contribution in [0.2, 0.25) is 0 Å². The Kier molecular flexibility index (Phi) is 6.19. The van der Waals surface area contributed by atoms with E-state index in [9.17, 15) is 13.2 Å². The number of sulfonamides is 1. The summed E-state index contributed by atoms with van der Waals surface area (Å²) in [7, 11) is -2.12. The van der Waals surface area contributed by atoms with Crippen LogP contribution in [0.1, 0.15) is 32.1 Å². The second-order valence-corrected chi connectivity index (χ2v) is 7.65. The van der Waals surface area contributed by atoms with Crippen LogP contribution in [0, 0.1) is 0 Å². The zero-order valence-electron chi connectivity index (χ0n) is 14.0. The van der Waals surface area contributed by atoms with Gasteiger partial charge in [0.25, 0.3) is 5.91 Å². The predicted molar refractivity (Wildman–Crippen MR) is 93.8 cm³/mol. The SMILES string of the molecule is COc1cccc(N(CC(=O)NN=C2CCCCC2)S(C)(=O)=O)c1. The average molecular weight is 353 g/mol. The Morgan fingerprint density at radius 1 is 1.29 bits per heavy atom. The van der Waals surface area contributed by atoms with Gasteiger partial charge in [-0.05, 0) is 37.8 Å². The van der Waals surface area contributed by atoms with Gasteiger partial charge in [-0.1, -0.05) is 12.5 Å². The highest BCUT2D eigenvalue weighted by atomic mass is 32.2. The van der Waals surface area contributed by atoms with Crippen LogP contribution in [0.5, 0.6) is 5.75 Å². The molecule has 24 heavy (non-hydrogen) atoms. The van der Waals surface area contributed by atoms with Crippen LogP contribution < -0.4 is 14.5 Å². The van der Waals surface area contributed by atoms with E-state index in [1.54, 1.807) is 24.3 Å². The van der Waals surface area contributed by atoms with Crippen molar-refractivity contribution >= 4 is 27.3 Å². The Morgan fingerprint density at radius 2 is 2.00 bits per heavy atom. The lowest BCUT2D eigenvalue weighted by Gasteiger charge is -2.22. The zero-order chi connectivity index (χ0) is 17.6. The minimum atomic E-state index is -3.61. The van der Waals surface area contributed by atoms with Crippen molar-refractivity contribution in [3.63, 3.8) is 0 Å². The maximum absolute atomic E-state index is 12.1. The molecule has 0 radical (unpaired) electrons. The second-order valence-electron chi connectivity index (χ2n) is 5.74. The number of hydrogen-bond acceptors (Lipinski definition) is 5. The van der Waals surface area contributed by atoms with Crippen LogP contribution in [0.15, 0.2) is 29.4 Å². The summed E-state index contributed by atoms with van der Waals surface area (Å²) in [5.41, 5.74) is 3.80. The van der Waals surface area contributed by atoms with Crippen LogP contribution in [0.4, 0.5) is 5.69 Å². The normalized spacial score (nSPS) is 14.8. The summed E-state index contributed by atoms with van der Waals surface area (Å²) >= 11 is 0. The van der Waals surface area contributed by atoms with E-state index in [4.69, 9.17) is 4.74 Å². The molecule has 0 aliphatic heterocycles. The van der Waals surface area contributed by atoms with Gasteiger partial charge in [0.2, 0.25) is 10.0 Å². The minimum Gasteiger partial charge on any atom is -0.497 e. The highest BCUT2D eigenvalue weighted by Crippen LogP contribution is 2.22. The Labute approximate surface area is 142 Å². The van der Waals surface area contributed by atoms with Gasteiger partial charge in [0, 0.05) is 11.8 Å². The number of hydrogen-bond donors (Lipinski definition) is 1. The number of anilines is 1. The lowest BCUT2D eigenvalue weighted by Crippen LogP contribution is -2.39. The zero-order valence-corrected chi connectivity index (χ0v) is 14.8. The third kappa shape index (κ3) is 5.23. The number of carbonyl (C=O) groups excluding carboxylic acids is 1. The first-order chi connectivity index (χ1) is 11.4. The predicted octanol–water partition coefficient (Wildman–Crippen LogP) is 1.90. The summed E-state index contributed by atoms with van der Waals surface area (Å²) in [6.07, 6.45) is 6.16. The first-order valence-corrected chi connectivity index (χ1v) is 9.71. The molecule has 132 valence electrons. The fraction of sp³-hybridized carbons (Fsp3) is 0.500. The molecule has 0 spiro atoms. The van der Waals surface area contributed by atoms with Crippen molar-refractivity contribution in [2.75, 3.05) is 24.2 Å². The van der Waals surface area contributed by atoms with Crippen molar-refractivity contribution in [2.45, 2.75) is 32.1 Å². The van der Waals surface area contributed by atoms with E-state index in [0.29, 0.717) is 11.4 Å². The summed E-state index contributed by atoms with van der Waals surface area (Å²) in [6, 6.07) is 6.57. The van der Waals surface area contributed by atoms with Crippen molar-refractivity contribution in [2.24, 2.45) is 5.10 Å². The molecule has 1 aliphatic rings. The van der Waals surface area contributed by atoms with Gasteiger partial charge in [-0.25, -0.2) is 13.8 Å². The van der Waals surface area contributed by atoms with Gasteiger partial charge < -0.3 is 4.74 Å². The molecule has 0 heterocycles. The number of methoxy groups -OCH3 is 1. The standard InChI is InChI=1S/C16H23N3O4S/c1-23-15-10-6-9-14(11-15)19(24(2,21)22)12-16(20)18-17-13-7-4-3-5-8-13/h6,9-11H,3-5,7-8,12H2,1-2H3,(H,18,20). The Hall–Kier alpha value is -2.09. The Morgan fingerprint density at radius 3 is 2.62 bits per heavy atom. The Bertz CT molecular complexity index is 708. The van der Waals surface area contributed by atoms with Crippen LogP contribution in [0.3, 0.4) is 0 Å². The molecule has 1 fully saturated rings. The summed E-state index contributed by atoms with van der Waals surface area (Å²) in [4.78, 5) is 12.1. The van der Waals surface area contributed by atoms with E-state index in [2.05, 4.69) is 10.5 Å². The fourth-order valence-electron chi connectivity index (χ4n) is 2.54. The Balaban J connectivity index is 2.10. The van der Waals surface area contributed by atoms with Crippen LogP contribution in [0.25, 0.3) is 0 Å². The minimum absolute atomic E-state index is 0.331. The molecule has 1 N–H and O–H groups in total. The molecule has 1 aliphatic carbocycles. The third-order valence-electron chi connectivity index (χ3n) is 3.80. The lowest BCUT2D eigenvalue weighted by atomic mass is 9.99. The third-order valence-corrected chi connectivity index (χ3v) is 4.94. The molecule has 0 saturated heterocycles. The van der Waals surface area contributed by atoms with Gasteiger partial charge in [-0.15, -0.1) is 0 Å². The van der Waals surface area contributed by atoms with E-state index in [-0.39, 0.29) is 6.54 Å². The topological polar surface area (TPSA) is 88.1 Å². The van der Waals surface area contributed by atoms with E-state index in [1.807, 2.05) is 0 Å². The number of rotatable bonds is 6. The van der Waals surface area contributed by atoms with E-state index < -0.39 is 15.9 Å². The molecule has 0 bridgehead atoms. The first kappa shape index (κ1) is 18.3. The molecule has 1 aromatic carbocycles. The van der Waals surface area contributed by atoms with Gasteiger partial charge in [0.15, 0.2) is 0 Å². The van der Waals surface area contributed by atoms with Gasteiger partial charge >= 0.3 is 0 Å². The molecule has 2 rings (SSSR count). The number of nitrogens with zero attached hydrogens (tertiary/aromatic N) is 2. The molecule has 1 aromatic rings. The number of amides is 1. The largest absolute Gasteiger partial charge is 0.497 e. The van der Waals surface area contributed by atoms with Crippen LogP contribution >= 0.6 is 0 Å². The molecular formula is C16H23N3O4S. The lowest BCUT2D eigenvalue weighted by molar-refractivity contribution is -0.119. The summed E-state index contributed by atoms with van der Waals surface area (Å²) < 4.78 is 30.2. The van der Waals surface area contributed by atoms with Crippen molar-refractivity contribution in [1.82, 2.24) is 5.43 Å². The molecule has 0 aromatic heterocycles. The number of nitrogens with one attached hydrogen (secondary N) is 1. The van der Waals surface area contributed by atoms with Gasteiger partial charge in [0.05, 0.1) is 19.1 Å². The summed E-state index contributed by atoms with van der Waals surface area (Å²) in [5.74, 6) is 0.0466. The second kappa shape index (κ2) is 8.14. The molecular weight excluding hydrogens is 330 g/mol. The van der Waals surface area contributed by atoms with Gasteiger partial charge in [-0.2, -0.15) is 5.10 Å². The van der Waals surface area contributed by atoms with Crippen molar-refractivity contribution in [3.05, 3.63) is 24.3 Å². The molecule has 0 atom stereocenters. The summed E-state index contributed by atoms with van der Waals surface area (Å²) in [5, 5.41) is 4.12. The molecule has 7 nitrogen and oxygen atoms in total.